The lowest BCUT2D eigenvalue weighted by molar-refractivity contribution is -0.137. The number of alkyl halides is 3. The van der Waals surface area contributed by atoms with Crippen molar-refractivity contribution in [3.8, 4) is 0 Å². The second kappa shape index (κ2) is 11.2. The van der Waals surface area contributed by atoms with E-state index in [1.54, 1.807) is 18.2 Å². The predicted molar refractivity (Wildman–Crippen MR) is 149 cm³/mol. The van der Waals surface area contributed by atoms with Crippen molar-refractivity contribution < 1.29 is 26.9 Å². The summed E-state index contributed by atoms with van der Waals surface area (Å²) in [6.45, 7) is 0.0625. The van der Waals surface area contributed by atoms with Crippen LogP contribution < -0.4 is 15.9 Å². The van der Waals surface area contributed by atoms with Crippen molar-refractivity contribution in [3.05, 3.63) is 150 Å². The van der Waals surface area contributed by atoms with E-state index >= 15 is 0 Å². The zero-order valence-electron chi connectivity index (χ0n) is 20.7. The van der Waals surface area contributed by atoms with Crippen LogP contribution in [-0.4, -0.2) is 0 Å². The molecular formula is C32H24F3O3P. The van der Waals surface area contributed by atoms with Crippen LogP contribution in [0.4, 0.5) is 13.2 Å². The Morgan fingerprint density at radius 3 is 1.90 bits per heavy atom. The summed E-state index contributed by atoms with van der Waals surface area (Å²) in [7, 11) is -3.25. The molecule has 0 aliphatic heterocycles. The molecule has 0 spiro atoms. The van der Waals surface area contributed by atoms with Gasteiger partial charge in [0.25, 0.3) is 0 Å². The molecule has 0 aliphatic carbocycles. The van der Waals surface area contributed by atoms with Crippen molar-refractivity contribution in [1.29, 1.82) is 0 Å². The molecule has 0 radical (unpaired) electrons. The van der Waals surface area contributed by atoms with Gasteiger partial charge in [0.05, 0.1) is 11.8 Å². The highest BCUT2D eigenvalue weighted by Crippen LogP contribution is 2.43. The van der Waals surface area contributed by atoms with Crippen LogP contribution >= 0.6 is 7.14 Å². The Hall–Kier alpha value is -4.28. The van der Waals surface area contributed by atoms with Gasteiger partial charge >= 0.3 is 6.18 Å². The summed E-state index contributed by atoms with van der Waals surface area (Å²) in [5, 5.41) is 2.06. The van der Waals surface area contributed by atoms with Gasteiger partial charge < -0.3 is 13.7 Å². The molecule has 39 heavy (non-hydrogen) atoms. The number of hydrogen-bond donors (Lipinski definition) is 0. The first kappa shape index (κ1) is 26.3. The zero-order chi connectivity index (χ0) is 27.3. The maximum Gasteiger partial charge on any atom is 0.416 e. The van der Waals surface area contributed by atoms with Gasteiger partial charge in [-0.05, 0) is 35.9 Å². The lowest BCUT2D eigenvalue weighted by atomic mass is 10.1. The van der Waals surface area contributed by atoms with E-state index in [0.29, 0.717) is 33.0 Å². The monoisotopic (exact) mass is 544 g/mol. The van der Waals surface area contributed by atoms with Crippen molar-refractivity contribution in [2.75, 3.05) is 0 Å². The summed E-state index contributed by atoms with van der Waals surface area (Å²) in [6.07, 6.45) is -1.31. The summed E-state index contributed by atoms with van der Waals surface area (Å²) >= 11 is 0. The standard InChI is InChI=1S/C32H24F3O3P/c33-32(34,35)26-19-17-24(18-20-26)22-30(29-15-9-21-37-29)38-23-25-10-7-8-16-31(25)39(36,27-11-3-1-4-12-27)28-13-5-2-6-14-28/h1-22H,23H2/b30-22+. The van der Waals surface area contributed by atoms with Crippen LogP contribution in [0, 0.1) is 0 Å². The molecule has 0 N–H and O–H groups in total. The van der Waals surface area contributed by atoms with Crippen molar-refractivity contribution in [1.82, 2.24) is 0 Å². The Morgan fingerprint density at radius 2 is 1.33 bits per heavy atom. The molecule has 0 saturated carbocycles. The average Bonchev–Trinajstić information content (AvgIpc) is 3.51. The van der Waals surface area contributed by atoms with Crippen LogP contribution in [0.15, 0.2) is 132 Å². The van der Waals surface area contributed by atoms with E-state index < -0.39 is 18.9 Å². The molecule has 0 aliphatic rings. The minimum Gasteiger partial charge on any atom is -0.485 e. The fourth-order valence-electron chi connectivity index (χ4n) is 4.32. The topological polar surface area (TPSA) is 39.4 Å². The molecule has 0 atom stereocenters. The number of benzene rings is 4. The molecule has 3 nitrogen and oxygen atoms in total. The van der Waals surface area contributed by atoms with Crippen molar-refractivity contribution in [3.63, 3.8) is 0 Å². The Kier molecular flexibility index (Phi) is 7.58. The molecular weight excluding hydrogens is 520 g/mol. The predicted octanol–water partition coefficient (Wildman–Crippen LogP) is 7.65. The molecule has 0 saturated heterocycles. The van der Waals surface area contributed by atoms with Crippen LogP contribution in [0.2, 0.25) is 0 Å². The number of furan rings is 1. The Morgan fingerprint density at radius 1 is 0.744 bits per heavy atom. The first-order valence-corrected chi connectivity index (χ1v) is 13.9. The van der Waals surface area contributed by atoms with Crippen molar-refractivity contribution in [2.45, 2.75) is 12.8 Å². The highest BCUT2D eigenvalue weighted by Gasteiger charge is 2.32. The van der Waals surface area contributed by atoms with Crippen LogP contribution in [0.25, 0.3) is 11.8 Å². The molecule has 7 heteroatoms. The number of hydrogen-bond acceptors (Lipinski definition) is 3. The molecule has 4 aromatic carbocycles. The van der Waals surface area contributed by atoms with Gasteiger partial charge in [-0.3, -0.25) is 0 Å². The molecule has 0 unspecified atom stereocenters. The third-order valence-electron chi connectivity index (χ3n) is 6.25. The summed E-state index contributed by atoms with van der Waals surface area (Å²) in [5.74, 6) is 0.755. The first-order valence-electron chi connectivity index (χ1n) is 12.2. The maximum atomic E-state index is 14.9. The molecule has 5 rings (SSSR count). The Balaban J connectivity index is 1.52. The molecule has 0 fully saturated rings. The second-order valence-electron chi connectivity index (χ2n) is 8.80. The molecule has 1 aromatic heterocycles. The Bertz CT molecular complexity index is 1550. The van der Waals surface area contributed by atoms with Gasteiger partial charge in [0.15, 0.2) is 18.7 Å². The quantitative estimate of drug-likeness (QED) is 0.149. The third-order valence-corrected chi connectivity index (χ3v) is 9.42. The number of ether oxygens (including phenoxy) is 1. The first-order chi connectivity index (χ1) is 18.9. The second-order valence-corrected chi connectivity index (χ2v) is 11.5. The lowest BCUT2D eigenvalue weighted by Crippen LogP contribution is -2.27. The van der Waals surface area contributed by atoms with Gasteiger partial charge in [-0.15, -0.1) is 0 Å². The van der Waals surface area contributed by atoms with Gasteiger partial charge in [0.1, 0.15) is 6.61 Å². The molecule has 1 heterocycles. The van der Waals surface area contributed by atoms with Gasteiger partial charge in [-0.25, -0.2) is 0 Å². The zero-order valence-corrected chi connectivity index (χ0v) is 21.6. The van der Waals surface area contributed by atoms with Crippen LogP contribution in [0.3, 0.4) is 0 Å². The Labute approximate surface area is 224 Å². The van der Waals surface area contributed by atoms with Crippen LogP contribution in [0.1, 0.15) is 22.5 Å². The average molecular weight is 545 g/mol. The summed E-state index contributed by atoms with van der Waals surface area (Å²) in [6, 6.07) is 34.3. The summed E-state index contributed by atoms with van der Waals surface area (Å²) in [4.78, 5) is 0. The highest BCUT2D eigenvalue weighted by atomic mass is 31.2. The number of halogens is 3. The van der Waals surface area contributed by atoms with E-state index in [2.05, 4.69) is 0 Å². The van der Waals surface area contributed by atoms with Gasteiger partial charge in [-0.1, -0.05) is 97.1 Å². The normalized spacial score (nSPS) is 12.3. The smallest absolute Gasteiger partial charge is 0.416 e. The highest BCUT2D eigenvalue weighted by molar-refractivity contribution is 7.85. The van der Waals surface area contributed by atoms with E-state index in [4.69, 9.17) is 9.15 Å². The molecule has 5 aromatic rings. The van der Waals surface area contributed by atoms with Gasteiger partial charge in [0.2, 0.25) is 0 Å². The molecule has 0 bridgehead atoms. The lowest BCUT2D eigenvalue weighted by Gasteiger charge is -2.23. The fourth-order valence-corrected chi connectivity index (χ4v) is 7.20. The summed E-state index contributed by atoms with van der Waals surface area (Å²) < 4.78 is 65.7. The van der Waals surface area contributed by atoms with E-state index in [1.165, 1.54) is 18.4 Å². The minimum atomic E-state index is -4.42. The fraction of sp³-hybridized carbons (Fsp3) is 0.0625. The maximum absolute atomic E-state index is 14.9. The van der Waals surface area contributed by atoms with Crippen molar-refractivity contribution in [2.24, 2.45) is 0 Å². The molecule has 196 valence electrons. The van der Waals surface area contributed by atoms with Crippen LogP contribution in [-0.2, 0) is 22.1 Å². The largest absolute Gasteiger partial charge is 0.485 e. The van der Waals surface area contributed by atoms with Gasteiger partial charge in [-0.2, -0.15) is 13.2 Å². The SMILES string of the molecule is O=P(c1ccccc1)(c1ccccc1)c1ccccc1CO/C(=C/c1ccc(C(F)(F)F)cc1)c1ccco1. The van der Waals surface area contributed by atoms with E-state index in [1.807, 2.05) is 84.9 Å². The van der Waals surface area contributed by atoms with E-state index in [-0.39, 0.29) is 6.61 Å². The summed E-state index contributed by atoms with van der Waals surface area (Å²) in [5.41, 5.74) is 0.506. The van der Waals surface area contributed by atoms with E-state index in [0.717, 1.165) is 17.7 Å². The van der Waals surface area contributed by atoms with Crippen molar-refractivity contribution >= 4 is 34.9 Å². The number of rotatable bonds is 8. The third kappa shape index (κ3) is 5.76. The van der Waals surface area contributed by atoms with E-state index in [9.17, 15) is 17.7 Å². The van der Waals surface area contributed by atoms with Crippen LogP contribution in [0.5, 0.6) is 0 Å². The van der Waals surface area contributed by atoms with Gasteiger partial charge in [0, 0.05) is 21.5 Å². The minimum absolute atomic E-state index is 0.0625. The molecule has 0 amide bonds.